The molecule has 1 aromatic carbocycles. The van der Waals surface area contributed by atoms with E-state index in [1.165, 1.54) is 0 Å². The van der Waals surface area contributed by atoms with E-state index in [4.69, 9.17) is 9.47 Å². The van der Waals surface area contributed by atoms with Crippen LogP contribution in [0.1, 0.15) is 25.8 Å². The lowest BCUT2D eigenvalue weighted by atomic mass is 10.2. The average Bonchev–Trinajstić information content (AvgIpc) is 2.50. The highest BCUT2D eigenvalue weighted by Crippen LogP contribution is 2.11. The highest BCUT2D eigenvalue weighted by atomic mass is 127. The number of hydrogen-bond donors (Lipinski definition) is 2. The molecule has 0 bridgehead atoms. The van der Waals surface area contributed by atoms with Crippen LogP contribution in [0.4, 0.5) is 0 Å². The van der Waals surface area contributed by atoms with E-state index in [1.807, 2.05) is 32.0 Å². The minimum Gasteiger partial charge on any atom is -0.497 e. The Kier molecular flexibility index (Phi) is 11.9. The Labute approximate surface area is 150 Å². The number of ether oxygens (including phenoxy) is 2. The zero-order chi connectivity index (χ0) is 15.5. The molecule has 6 heteroatoms. The van der Waals surface area contributed by atoms with Gasteiger partial charge in [0.1, 0.15) is 5.75 Å². The number of halogens is 1. The van der Waals surface area contributed by atoms with Crippen molar-refractivity contribution < 1.29 is 9.47 Å². The van der Waals surface area contributed by atoms with E-state index in [9.17, 15) is 0 Å². The largest absolute Gasteiger partial charge is 0.497 e. The second-order valence-electron chi connectivity index (χ2n) is 4.98. The molecule has 126 valence electrons. The summed E-state index contributed by atoms with van der Waals surface area (Å²) in [7, 11) is 3.44. The monoisotopic (exact) mass is 421 g/mol. The second-order valence-corrected chi connectivity index (χ2v) is 4.98. The van der Waals surface area contributed by atoms with Crippen LogP contribution in [0.5, 0.6) is 5.75 Å². The van der Waals surface area contributed by atoms with E-state index < -0.39 is 0 Å². The Morgan fingerprint density at radius 1 is 1.27 bits per heavy atom. The summed E-state index contributed by atoms with van der Waals surface area (Å²) in [6.07, 6.45) is 1.24. The van der Waals surface area contributed by atoms with Crippen LogP contribution in [0.2, 0.25) is 0 Å². The van der Waals surface area contributed by atoms with Crippen LogP contribution < -0.4 is 15.4 Å². The molecule has 0 radical (unpaired) electrons. The van der Waals surface area contributed by atoms with Gasteiger partial charge in [0.2, 0.25) is 0 Å². The summed E-state index contributed by atoms with van der Waals surface area (Å²) in [5.41, 5.74) is 1.15. The minimum absolute atomic E-state index is 0. The van der Waals surface area contributed by atoms with E-state index in [1.54, 1.807) is 14.2 Å². The summed E-state index contributed by atoms with van der Waals surface area (Å²) in [6.45, 7) is 6.39. The van der Waals surface area contributed by atoms with Crippen LogP contribution >= 0.6 is 24.0 Å². The van der Waals surface area contributed by atoms with Gasteiger partial charge in [-0.1, -0.05) is 12.1 Å². The number of aliphatic imine (C=N–C) groups is 1. The van der Waals surface area contributed by atoms with Crippen LogP contribution in [0.15, 0.2) is 29.3 Å². The van der Waals surface area contributed by atoms with Gasteiger partial charge in [-0.05, 0) is 38.0 Å². The van der Waals surface area contributed by atoms with Crippen molar-refractivity contribution in [3.8, 4) is 5.75 Å². The zero-order valence-corrected chi connectivity index (χ0v) is 16.2. The van der Waals surface area contributed by atoms with Gasteiger partial charge in [-0.25, -0.2) is 0 Å². The quantitative estimate of drug-likeness (QED) is 0.294. The summed E-state index contributed by atoms with van der Waals surface area (Å²) >= 11 is 0. The number of nitrogens with zero attached hydrogens (tertiary/aromatic N) is 1. The molecule has 2 N–H and O–H groups in total. The Balaban J connectivity index is 0.00000441. The van der Waals surface area contributed by atoms with Crippen molar-refractivity contribution in [2.24, 2.45) is 4.99 Å². The highest BCUT2D eigenvalue weighted by Gasteiger charge is 2.00. The molecule has 0 spiro atoms. The van der Waals surface area contributed by atoms with Crippen LogP contribution in [-0.4, -0.2) is 39.4 Å². The number of benzene rings is 1. The van der Waals surface area contributed by atoms with Gasteiger partial charge in [0.05, 0.1) is 13.2 Å². The molecule has 0 aliphatic rings. The fourth-order valence-corrected chi connectivity index (χ4v) is 1.79. The first-order valence-electron chi connectivity index (χ1n) is 7.34. The number of rotatable bonds is 8. The molecule has 0 aliphatic heterocycles. The third-order valence-electron chi connectivity index (χ3n) is 2.88. The minimum atomic E-state index is 0. The van der Waals surface area contributed by atoms with Gasteiger partial charge < -0.3 is 20.1 Å². The maximum Gasteiger partial charge on any atom is 0.191 e. The topological polar surface area (TPSA) is 54.9 Å². The van der Waals surface area contributed by atoms with Crippen LogP contribution in [0.3, 0.4) is 0 Å². The molecule has 1 aromatic rings. The third kappa shape index (κ3) is 9.09. The standard InChI is InChI=1S/C16H27N3O2.HI/c1-13(2)21-10-6-9-18-16(17-3)19-12-14-7-5-8-15(11-14)20-4;/h5,7-8,11,13H,6,9-10,12H2,1-4H3,(H2,17,18,19);1H. The molecular formula is C16H28IN3O2. The normalized spacial score (nSPS) is 11.0. The maximum absolute atomic E-state index is 5.50. The molecule has 0 atom stereocenters. The van der Waals surface area contributed by atoms with Gasteiger partial charge in [-0.15, -0.1) is 24.0 Å². The molecule has 22 heavy (non-hydrogen) atoms. The Hall–Kier alpha value is -1.02. The average molecular weight is 421 g/mol. The van der Waals surface area contributed by atoms with Gasteiger partial charge in [-0.2, -0.15) is 0 Å². The lowest BCUT2D eigenvalue weighted by molar-refractivity contribution is 0.0776. The van der Waals surface area contributed by atoms with E-state index in [0.717, 1.165) is 36.8 Å². The van der Waals surface area contributed by atoms with Crippen molar-refractivity contribution in [2.75, 3.05) is 27.3 Å². The number of nitrogens with one attached hydrogen (secondary N) is 2. The SMILES string of the molecule is CN=C(NCCCOC(C)C)NCc1cccc(OC)c1.I. The van der Waals surface area contributed by atoms with Crippen molar-refractivity contribution in [1.29, 1.82) is 0 Å². The molecule has 0 aromatic heterocycles. The summed E-state index contributed by atoms with van der Waals surface area (Å²) in [5.74, 6) is 1.66. The third-order valence-corrected chi connectivity index (χ3v) is 2.88. The molecule has 0 saturated heterocycles. The van der Waals surface area contributed by atoms with E-state index in [0.29, 0.717) is 6.54 Å². The summed E-state index contributed by atoms with van der Waals surface area (Å²) < 4.78 is 10.7. The van der Waals surface area contributed by atoms with Crippen molar-refractivity contribution in [3.05, 3.63) is 29.8 Å². The van der Waals surface area contributed by atoms with Crippen LogP contribution in [-0.2, 0) is 11.3 Å². The lowest BCUT2D eigenvalue weighted by Gasteiger charge is -2.13. The zero-order valence-electron chi connectivity index (χ0n) is 13.9. The maximum atomic E-state index is 5.50. The van der Waals surface area contributed by atoms with Crippen molar-refractivity contribution in [2.45, 2.75) is 32.9 Å². The van der Waals surface area contributed by atoms with E-state index in [-0.39, 0.29) is 30.1 Å². The predicted molar refractivity (Wildman–Crippen MR) is 102 cm³/mol. The molecule has 1 rings (SSSR count). The van der Waals surface area contributed by atoms with Gasteiger partial charge in [0.15, 0.2) is 5.96 Å². The molecule has 0 aliphatic carbocycles. The smallest absolute Gasteiger partial charge is 0.191 e. The van der Waals surface area contributed by atoms with Gasteiger partial charge >= 0.3 is 0 Å². The first-order chi connectivity index (χ1) is 10.2. The molecule has 0 unspecified atom stereocenters. The fraction of sp³-hybridized carbons (Fsp3) is 0.562. The Bertz CT molecular complexity index is 439. The van der Waals surface area contributed by atoms with Crippen LogP contribution in [0.25, 0.3) is 0 Å². The highest BCUT2D eigenvalue weighted by molar-refractivity contribution is 14.0. The molecule has 0 saturated carbocycles. The van der Waals surface area contributed by atoms with Crippen molar-refractivity contribution in [3.63, 3.8) is 0 Å². The lowest BCUT2D eigenvalue weighted by Crippen LogP contribution is -2.37. The Morgan fingerprint density at radius 2 is 2.05 bits per heavy atom. The number of methoxy groups -OCH3 is 1. The predicted octanol–water partition coefficient (Wildman–Crippen LogP) is 2.79. The van der Waals surface area contributed by atoms with Crippen LogP contribution in [0, 0.1) is 0 Å². The number of guanidine groups is 1. The van der Waals surface area contributed by atoms with Gasteiger partial charge in [0, 0.05) is 26.7 Å². The van der Waals surface area contributed by atoms with E-state index >= 15 is 0 Å². The molecule has 0 amide bonds. The molecule has 0 fully saturated rings. The van der Waals surface area contributed by atoms with Gasteiger partial charge in [0.25, 0.3) is 0 Å². The molecule has 0 heterocycles. The molecular weight excluding hydrogens is 393 g/mol. The van der Waals surface area contributed by atoms with E-state index in [2.05, 4.69) is 21.7 Å². The number of hydrogen-bond acceptors (Lipinski definition) is 3. The summed E-state index contributed by atoms with van der Waals surface area (Å²) in [5, 5.41) is 6.55. The summed E-state index contributed by atoms with van der Waals surface area (Å²) in [4.78, 5) is 4.20. The Morgan fingerprint density at radius 3 is 2.68 bits per heavy atom. The van der Waals surface area contributed by atoms with Crippen molar-refractivity contribution in [1.82, 2.24) is 10.6 Å². The first-order valence-corrected chi connectivity index (χ1v) is 7.34. The van der Waals surface area contributed by atoms with Crippen molar-refractivity contribution >= 4 is 29.9 Å². The summed E-state index contributed by atoms with van der Waals surface area (Å²) in [6, 6.07) is 7.98. The van der Waals surface area contributed by atoms with Gasteiger partial charge in [-0.3, -0.25) is 4.99 Å². The fourth-order valence-electron chi connectivity index (χ4n) is 1.79. The second kappa shape index (κ2) is 12.5. The first kappa shape index (κ1) is 21.0. The molecule has 5 nitrogen and oxygen atoms in total.